The van der Waals surface area contributed by atoms with Gasteiger partial charge >= 0.3 is 0 Å². The molecule has 152 valence electrons. The van der Waals surface area contributed by atoms with E-state index in [0.717, 1.165) is 12.4 Å². The van der Waals surface area contributed by atoms with E-state index in [2.05, 4.69) is 37.3 Å². The molecule has 1 unspecified atom stereocenters. The Labute approximate surface area is 167 Å². The third-order valence-corrected chi connectivity index (χ3v) is 5.23. The molecule has 0 N–H and O–H groups in total. The lowest BCUT2D eigenvalue weighted by Gasteiger charge is -2.07. The van der Waals surface area contributed by atoms with Crippen molar-refractivity contribution in [2.75, 3.05) is 13.2 Å². The number of allylic oxidation sites excluding steroid dienone is 2. The standard InChI is InChI=1S/C25H40O2/c1-2-3-4-5-6-7-8-9-10-11-12-13-14-15-17-23-18-16-19-24(20-23)26-21-25-22-27-25/h3-4,16,18-20,25H,2,5-15,17,21-22H2,1H3/b4-3+. The van der Waals surface area contributed by atoms with E-state index in [1.807, 2.05) is 6.07 Å². The van der Waals surface area contributed by atoms with Crippen molar-refractivity contribution in [2.24, 2.45) is 0 Å². The van der Waals surface area contributed by atoms with E-state index in [0.29, 0.717) is 12.7 Å². The number of hydrogen-bond acceptors (Lipinski definition) is 2. The van der Waals surface area contributed by atoms with Crippen LogP contribution in [0.1, 0.15) is 89.5 Å². The molecule has 0 saturated carbocycles. The first-order valence-electron chi connectivity index (χ1n) is 11.4. The van der Waals surface area contributed by atoms with E-state index < -0.39 is 0 Å². The van der Waals surface area contributed by atoms with Crippen LogP contribution in [0.2, 0.25) is 0 Å². The molecule has 0 aromatic heterocycles. The summed E-state index contributed by atoms with van der Waals surface area (Å²) in [4.78, 5) is 0. The molecule has 0 radical (unpaired) electrons. The predicted octanol–water partition coefficient (Wildman–Crippen LogP) is 7.26. The normalized spacial score (nSPS) is 16.1. The molecule has 1 aromatic carbocycles. The molecule has 0 bridgehead atoms. The van der Waals surface area contributed by atoms with Gasteiger partial charge in [0.25, 0.3) is 0 Å². The number of rotatable bonds is 17. The fraction of sp³-hybridized carbons (Fsp3) is 0.680. The number of unbranched alkanes of at least 4 members (excludes halogenated alkanes) is 10. The van der Waals surface area contributed by atoms with Crippen LogP contribution in [0.3, 0.4) is 0 Å². The van der Waals surface area contributed by atoms with Gasteiger partial charge in [-0.2, -0.15) is 0 Å². The Kier molecular flexibility index (Phi) is 12.0. The van der Waals surface area contributed by atoms with Gasteiger partial charge in [0.2, 0.25) is 0 Å². The average Bonchev–Trinajstić information content (AvgIpc) is 3.51. The number of aryl methyl sites for hydroxylation is 1. The molecule has 0 aliphatic carbocycles. The monoisotopic (exact) mass is 372 g/mol. The zero-order chi connectivity index (χ0) is 19.0. The van der Waals surface area contributed by atoms with Gasteiger partial charge in [0.1, 0.15) is 18.5 Å². The summed E-state index contributed by atoms with van der Waals surface area (Å²) in [5, 5.41) is 0. The Balaban J connectivity index is 1.37. The quantitative estimate of drug-likeness (QED) is 0.163. The van der Waals surface area contributed by atoms with Gasteiger partial charge in [-0.3, -0.25) is 0 Å². The van der Waals surface area contributed by atoms with Crippen molar-refractivity contribution in [3.05, 3.63) is 42.0 Å². The van der Waals surface area contributed by atoms with Crippen molar-refractivity contribution < 1.29 is 9.47 Å². The van der Waals surface area contributed by atoms with Crippen LogP contribution >= 0.6 is 0 Å². The highest BCUT2D eigenvalue weighted by atomic mass is 16.6. The van der Waals surface area contributed by atoms with Crippen LogP contribution in [-0.2, 0) is 11.2 Å². The minimum Gasteiger partial charge on any atom is -0.491 e. The number of epoxide rings is 1. The fourth-order valence-electron chi connectivity index (χ4n) is 3.43. The Morgan fingerprint density at radius 2 is 1.59 bits per heavy atom. The van der Waals surface area contributed by atoms with Gasteiger partial charge in [-0.15, -0.1) is 0 Å². The molecule has 1 fully saturated rings. The van der Waals surface area contributed by atoms with Crippen LogP contribution < -0.4 is 4.74 Å². The number of hydrogen-bond donors (Lipinski definition) is 0. The van der Waals surface area contributed by atoms with E-state index in [1.165, 1.54) is 89.0 Å². The van der Waals surface area contributed by atoms with E-state index in [4.69, 9.17) is 9.47 Å². The van der Waals surface area contributed by atoms with Crippen molar-refractivity contribution >= 4 is 0 Å². The molecule has 1 aliphatic heterocycles. The van der Waals surface area contributed by atoms with Gasteiger partial charge in [-0.25, -0.2) is 0 Å². The molecule has 1 aromatic rings. The number of benzene rings is 1. The maximum Gasteiger partial charge on any atom is 0.119 e. The second-order valence-electron chi connectivity index (χ2n) is 7.87. The maximum absolute atomic E-state index is 5.77. The lowest BCUT2D eigenvalue weighted by Crippen LogP contribution is -2.04. The number of ether oxygens (including phenoxy) is 2. The Morgan fingerprint density at radius 1 is 0.926 bits per heavy atom. The Hall–Kier alpha value is -1.28. The summed E-state index contributed by atoms with van der Waals surface area (Å²) in [6.45, 7) is 3.76. The third kappa shape index (κ3) is 11.9. The van der Waals surface area contributed by atoms with Gasteiger partial charge in [0.05, 0.1) is 6.61 Å². The van der Waals surface area contributed by atoms with Crippen molar-refractivity contribution in [2.45, 2.75) is 96.5 Å². The zero-order valence-electron chi connectivity index (χ0n) is 17.5. The van der Waals surface area contributed by atoms with Crippen LogP contribution in [-0.4, -0.2) is 19.3 Å². The minimum absolute atomic E-state index is 0.330. The first-order valence-corrected chi connectivity index (χ1v) is 11.4. The second-order valence-corrected chi connectivity index (χ2v) is 7.87. The van der Waals surface area contributed by atoms with Gasteiger partial charge < -0.3 is 9.47 Å². The van der Waals surface area contributed by atoms with Crippen molar-refractivity contribution in [3.63, 3.8) is 0 Å². The minimum atomic E-state index is 0.330. The summed E-state index contributed by atoms with van der Waals surface area (Å²) in [5.74, 6) is 0.990. The fourth-order valence-corrected chi connectivity index (χ4v) is 3.43. The molecule has 1 saturated heterocycles. The molecule has 2 nitrogen and oxygen atoms in total. The molecule has 0 amide bonds. The molecule has 27 heavy (non-hydrogen) atoms. The second kappa shape index (κ2) is 14.7. The largest absolute Gasteiger partial charge is 0.491 e. The average molecular weight is 373 g/mol. The molecule has 2 rings (SSSR count). The zero-order valence-corrected chi connectivity index (χ0v) is 17.5. The van der Waals surface area contributed by atoms with E-state index in [-0.39, 0.29) is 0 Å². The predicted molar refractivity (Wildman–Crippen MR) is 116 cm³/mol. The summed E-state index contributed by atoms with van der Waals surface area (Å²) in [5.41, 5.74) is 1.40. The van der Waals surface area contributed by atoms with Crippen LogP contribution in [0.4, 0.5) is 0 Å². The first-order chi connectivity index (χ1) is 13.4. The smallest absolute Gasteiger partial charge is 0.119 e. The summed E-state index contributed by atoms with van der Waals surface area (Å²) in [6, 6.07) is 8.57. The van der Waals surface area contributed by atoms with E-state index >= 15 is 0 Å². The Morgan fingerprint density at radius 3 is 2.26 bits per heavy atom. The molecule has 0 spiro atoms. The van der Waals surface area contributed by atoms with Crippen LogP contribution in [0.5, 0.6) is 5.75 Å². The third-order valence-electron chi connectivity index (χ3n) is 5.23. The SMILES string of the molecule is CC/C=C/CCCCCCCCCCCCc1cccc(OCC2CO2)c1. The topological polar surface area (TPSA) is 21.8 Å². The summed E-state index contributed by atoms with van der Waals surface area (Å²) in [7, 11) is 0. The molecule has 1 heterocycles. The van der Waals surface area contributed by atoms with Crippen LogP contribution in [0.25, 0.3) is 0 Å². The lowest BCUT2D eigenvalue weighted by molar-refractivity contribution is 0.263. The maximum atomic E-state index is 5.77. The summed E-state index contributed by atoms with van der Waals surface area (Å²) >= 11 is 0. The molecular formula is C25H40O2. The first kappa shape index (κ1) is 22.0. The molecular weight excluding hydrogens is 332 g/mol. The highest BCUT2D eigenvalue weighted by Gasteiger charge is 2.22. The lowest BCUT2D eigenvalue weighted by atomic mass is 10.0. The van der Waals surface area contributed by atoms with Crippen LogP contribution in [0.15, 0.2) is 36.4 Å². The molecule has 1 atom stereocenters. The van der Waals surface area contributed by atoms with Gasteiger partial charge in [0, 0.05) is 0 Å². The molecule has 1 aliphatic rings. The molecule has 2 heteroatoms. The summed E-state index contributed by atoms with van der Waals surface area (Å²) in [6.07, 6.45) is 22.5. The van der Waals surface area contributed by atoms with Crippen LogP contribution in [0, 0.1) is 0 Å². The highest BCUT2D eigenvalue weighted by Crippen LogP contribution is 2.18. The van der Waals surface area contributed by atoms with Crippen molar-refractivity contribution in [3.8, 4) is 5.75 Å². The van der Waals surface area contributed by atoms with E-state index in [9.17, 15) is 0 Å². The van der Waals surface area contributed by atoms with Crippen molar-refractivity contribution in [1.29, 1.82) is 0 Å². The van der Waals surface area contributed by atoms with Gasteiger partial charge in [-0.1, -0.05) is 82.6 Å². The van der Waals surface area contributed by atoms with Gasteiger partial charge in [-0.05, 0) is 49.8 Å². The van der Waals surface area contributed by atoms with Crippen molar-refractivity contribution in [1.82, 2.24) is 0 Å². The highest BCUT2D eigenvalue weighted by molar-refractivity contribution is 5.28. The van der Waals surface area contributed by atoms with E-state index in [1.54, 1.807) is 0 Å². The Bertz CT molecular complexity index is 505. The summed E-state index contributed by atoms with van der Waals surface area (Å²) < 4.78 is 11.0. The van der Waals surface area contributed by atoms with Gasteiger partial charge in [0.15, 0.2) is 0 Å².